The van der Waals surface area contributed by atoms with E-state index < -0.39 is 16.1 Å². The molecule has 0 heterocycles. The third-order valence-electron chi connectivity index (χ3n) is 10.2. The second-order valence-corrected chi connectivity index (χ2v) is 20.6. The molecule has 0 fully saturated rings. The van der Waals surface area contributed by atoms with Gasteiger partial charge in [0, 0.05) is 11.4 Å². The van der Waals surface area contributed by atoms with Gasteiger partial charge < -0.3 is 5.32 Å². The van der Waals surface area contributed by atoms with Crippen molar-refractivity contribution in [1.82, 2.24) is 0 Å². The van der Waals surface area contributed by atoms with Crippen molar-refractivity contribution in [2.45, 2.75) is 0 Å². The number of hydrogen-bond acceptors (Lipinski definition) is 1. The van der Waals surface area contributed by atoms with Crippen LogP contribution in [0.1, 0.15) is 0 Å². The lowest BCUT2D eigenvalue weighted by Gasteiger charge is -2.34. The summed E-state index contributed by atoms with van der Waals surface area (Å²) in [6, 6.07) is 84.8. The van der Waals surface area contributed by atoms with Crippen LogP contribution < -0.4 is 46.8 Å². The lowest BCUT2D eigenvalue weighted by molar-refractivity contribution is 1.56. The Morgan fingerprint density at radius 2 is 0.373 bits per heavy atom. The van der Waals surface area contributed by atoms with Crippen molar-refractivity contribution in [2.75, 3.05) is 5.32 Å². The predicted octanol–water partition coefficient (Wildman–Crippen LogP) is 6.19. The molecule has 0 amide bonds. The zero-order valence-corrected chi connectivity index (χ0v) is 30.4. The van der Waals surface area contributed by atoms with E-state index in [2.05, 4.69) is 236 Å². The van der Waals surface area contributed by atoms with Gasteiger partial charge in [-0.2, -0.15) is 0 Å². The molecule has 0 aliphatic heterocycles. The first kappa shape index (κ1) is 32.2. The lowest BCUT2D eigenvalue weighted by Crippen LogP contribution is -2.74. The van der Waals surface area contributed by atoms with Gasteiger partial charge in [-0.05, 0) is 65.8 Å². The Kier molecular flexibility index (Phi) is 9.13. The Morgan fingerprint density at radius 3 is 0.569 bits per heavy atom. The van der Waals surface area contributed by atoms with Crippen LogP contribution in [-0.4, -0.2) is 16.1 Å². The van der Waals surface area contributed by atoms with Gasteiger partial charge in [-0.15, -0.1) is 0 Å². The molecule has 0 bridgehead atoms. The molecule has 0 aromatic heterocycles. The second-order valence-electron chi connectivity index (χ2n) is 13.0. The van der Waals surface area contributed by atoms with Crippen molar-refractivity contribution in [1.29, 1.82) is 0 Å². The highest BCUT2D eigenvalue weighted by molar-refractivity contribution is 7.20. The highest BCUT2D eigenvalue weighted by Gasteiger charge is 2.42. The molecule has 51 heavy (non-hydrogen) atoms. The highest BCUT2D eigenvalue weighted by atomic mass is 28.3. The summed E-state index contributed by atoms with van der Waals surface area (Å²) in [5.41, 5.74) is 2.14. The lowest BCUT2D eigenvalue weighted by atomic mass is 10.2. The largest absolute Gasteiger partial charge is 0.356 e. The summed E-state index contributed by atoms with van der Waals surface area (Å²) in [7, 11) is -5.13. The molecule has 8 aromatic carbocycles. The number of nitrogens with one attached hydrogen (secondary N) is 1. The minimum atomic E-state index is -2.56. The monoisotopic (exact) mass is 685 g/mol. The Morgan fingerprint density at radius 1 is 0.196 bits per heavy atom. The van der Waals surface area contributed by atoms with Crippen LogP contribution in [0.5, 0.6) is 0 Å². The second kappa shape index (κ2) is 14.5. The minimum Gasteiger partial charge on any atom is -0.356 e. The Hall–Kier alpha value is -6.01. The SMILES string of the molecule is c1ccc([Si](c2ccccc2)(c2ccccc2)c2ccc(Nc3ccc([Si](c4ccccc4)(c4ccccc4)c4ccccc4)cc3)cc2)cc1. The van der Waals surface area contributed by atoms with Crippen LogP contribution in [0, 0.1) is 0 Å². The van der Waals surface area contributed by atoms with Crippen LogP contribution in [0.15, 0.2) is 231 Å². The van der Waals surface area contributed by atoms with E-state index in [0.29, 0.717) is 0 Å². The average Bonchev–Trinajstić information content (AvgIpc) is 3.22. The molecule has 0 aliphatic carbocycles. The van der Waals surface area contributed by atoms with Crippen LogP contribution >= 0.6 is 0 Å². The Labute approximate surface area is 303 Å². The van der Waals surface area contributed by atoms with Crippen molar-refractivity contribution in [2.24, 2.45) is 0 Å². The molecule has 0 saturated carbocycles. The van der Waals surface area contributed by atoms with E-state index in [0.717, 1.165) is 11.4 Å². The Balaban J connectivity index is 1.18. The first-order valence-electron chi connectivity index (χ1n) is 17.6. The predicted molar refractivity (Wildman–Crippen MR) is 223 cm³/mol. The van der Waals surface area contributed by atoms with Gasteiger partial charge in [-0.25, -0.2) is 0 Å². The molecule has 0 aliphatic rings. The number of anilines is 2. The van der Waals surface area contributed by atoms with Crippen LogP contribution in [0.4, 0.5) is 11.4 Å². The van der Waals surface area contributed by atoms with E-state index in [1.807, 2.05) is 0 Å². The molecule has 0 unspecified atom stereocenters. The maximum absolute atomic E-state index is 3.73. The van der Waals surface area contributed by atoms with Gasteiger partial charge in [0.15, 0.2) is 16.1 Å². The summed E-state index contributed by atoms with van der Waals surface area (Å²) >= 11 is 0. The van der Waals surface area contributed by atoms with Gasteiger partial charge >= 0.3 is 0 Å². The third-order valence-corrected chi connectivity index (χ3v) is 19.8. The summed E-state index contributed by atoms with van der Waals surface area (Å²) in [4.78, 5) is 0. The fraction of sp³-hybridized carbons (Fsp3) is 0. The summed E-state index contributed by atoms with van der Waals surface area (Å²) < 4.78 is 0. The Bertz CT molecular complexity index is 1920. The smallest absolute Gasteiger partial charge is 0.179 e. The molecule has 8 rings (SSSR count). The minimum absolute atomic E-state index is 1.07. The van der Waals surface area contributed by atoms with Crippen LogP contribution in [0.25, 0.3) is 0 Å². The topological polar surface area (TPSA) is 12.0 Å². The number of rotatable bonds is 10. The molecule has 0 spiro atoms. The molecule has 244 valence electrons. The molecule has 0 radical (unpaired) electrons. The van der Waals surface area contributed by atoms with Crippen LogP contribution in [0.3, 0.4) is 0 Å². The first-order valence-corrected chi connectivity index (χ1v) is 21.6. The number of benzene rings is 8. The van der Waals surface area contributed by atoms with Crippen LogP contribution in [0.2, 0.25) is 0 Å². The van der Waals surface area contributed by atoms with Crippen molar-refractivity contribution >= 4 is 69.0 Å². The summed E-state index contributed by atoms with van der Waals surface area (Å²) in [5, 5.41) is 14.7. The third kappa shape index (κ3) is 5.97. The zero-order valence-electron chi connectivity index (χ0n) is 28.4. The zero-order chi connectivity index (χ0) is 34.4. The average molecular weight is 686 g/mol. The van der Waals surface area contributed by atoms with Crippen molar-refractivity contribution < 1.29 is 0 Å². The normalized spacial score (nSPS) is 11.5. The maximum atomic E-state index is 3.73. The molecule has 0 atom stereocenters. The molecule has 3 heteroatoms. The van der Waals surface area contributed by atoms with Gasteiger partial charge in [-0.1, -0.05) is 206 Å². The van der Waals surface area contributed by atoms with Crippen molar-refractivity contribution in [3.8, 4) is 0 Å². The fourth-order valence-electron chi connectivity index (χ4n) is 7.90. The van der Waals surface area contributed by atoms with Gasteiger partial charge in [0.1, 0.15) is 0 Å². The standard InChI is InChI=1S/C48H39NSi2/c1-7-19-41(20-8-1)50(42-21-9-2-10-22-42,43-23-11-3-12-24-43)47-35-31-39(32-36-47)49-40-33-37-48(38-34-40)51(44-25-13-4-14-26-44,45-27-15-5-16-28-45)46-29-17-6-18-30-46/h1-38,49H. The van der Waals surface area contributed by atoms with Gasteiger partial charge in [0.2, 0.25) is 0 Å². The quantitative estimate of drug-likeness (QED) is 0.134. The van der Waals surface area contributed by atoms with Crippen molar-refractivity contribution in [3.63, 3.8) is 0 Å². The summed E-state index contributed by atoms with van der Waals surface area (Å²) in [5.74, 6) is 0. The van der Waals surface area contributed by atoms with Gasteiger partial charge in [0.05, 0.1) is 0 Å². The van der Waals surface area contributed by atoms with E-state index in [9.17, 15) is 0 Å². The number of hydrogen-bond donors (Lipinski definition) is 1. The van der Waals surface area contributed by atoms with E-state index in [-0.39, 0.29) is 0 Å². The van der Waals surface area contributed by atoms with E-state index >= 15 is 0 Å². The molecular formula is C48H39NSi2. The van der Waals surface area contributed by atoms with E-state index in [4.69, 9.17) is 0 Å². The first-order chi connectivity index (χ1) is 25.3. The summed E-state index contributed by atoms with van der Waals surface area (Å²) in [6.45, 7) is 0. The van der Waals surface area contributed by atoms with Gasteiger partial charge in [0.25, 0.3) is 0 Å². The molecule has 1 N–H and O–H groups in total. The molecular weight excluding hydrogens is 647 g/mol. The van der Waals surface area contributed by atoms with E-state index in [1.165, 1.54) is 41.5 Å². The highest BCUT2D eigenvalue weighted by Crippen LogP contribution is 2.18. The summed E-state index contributed by atoms with van der Waals surface area (Å²) in [6.07, 6.45) is 0. The maximum Gasteiger partial charge on any atom is 0.179 e. The van der Waals surface area contributed by atoms with E-state index in [1.54, 1.807) is 0 Å². The molecule has 0 saturated heterocycles. The van der Waals surface area contributed by atoms with Crippen LogP contribution in [-0.2, 0) is 0 Å². The molecule has 8 aromatic rings. The molecule has 1 nitrogen and oxygen atoms in total. The van der Waals surface area contributed by atoms with Crippen molar-refractivity contribution in [3.05, 3.63) is 231 Å². The fourth-order valence-corrected chi connectivity index (χ4v) is 17.4. The van der Waals surface area contributed by atoms with Gasteiger partial charge in [-0.3, -0.25) is 0 Å².